The molecule has 0 bridgehead atoms. The number of halogens is 3. The highest BCUT2D eigenvalue weighted by molar-refractivity contribution is 5.95. The van der Waals surface area contributed by atoms with E-state index in [4.69, 9.17) is 0 Å². The molecule has 30 heavy (non-hydrogen) atoms. The first-order valence-electron chi connectivity index (χ1n) is 10.1. The summed E-state index contributed by atoms with van der Waals surface area (Å²) in [4.78, 5) is 22.9. The van der Waals surface area contributed by atoms with Gasteiger partial charge in [0.2, 0.25) is 5.91 Å². The number of carbonyl (C=O) groups excluding carboxylic acids is 1. The van der Waals surface area contributed by atoms with Crippen LogP contribution in [0.1, 0.15) is 25.8 Å². The number of anilines is 2. The number of alkyl halides is 3. The molecule has 0 saturated carbocycles. The van der Waals surface area contributed by atoms with Crippen molar-refractivity contribution in [2.75, 3.05) is 42.5 Å². The van der Waals surface area contributed by atoms with Crippen molar-refractivity contribution in [1.82, 2.24) is 9.88 Å². The topological polar surface area (TPSA) is 39.7 Å². The van der Waals surface area contributed by atoms with Crippen molar-refractivity contribution in [3.63, 3.8) is 0 Å². The van der Waals surface area contributed by atoms with Crippen LogP contribution in [0.4, 0.5) is 24.7 Å². The van der Waals surface area contributed by atoms with Crippen molar-refractivity contribution in [2.24, 2.45) is 0 Å². The quantitative estimate of drug-likeness (QED) is 0.732. The molecule has 0 unspecified atom stereocenters. The van der Waals surface area contributed by atoms with Crippen LogP contribution in [0, 0.1) is 0 Å². The zero-order valence-corrected chi connectivity index (χ0v) is 17.3. The van der Waals surface area contributed by atoms with E-state index in [1.807, 2.05) is 49.1 Å². The van der Waals surface area contributed by atoms with E-state index in [1.54, 1.807) is 4.90 Å². The summed E-state index contributed by atoms with van der Waals surface area (Å²) in [7, 11) is 0. The summed E-state index contributed by atoms with van der Waals surface area (Å²) in [5.74, 6) is 0.571. The number of para-hydroxylation sites is 1. The Balaban J connectivity index is 1.61. The Morgan fingerprint density at radius 1 is 1.07 bits per heavy atom. The number of benzene rings is 1. The van der Waals surface area contributed by atoms with Crippen LogP contribution in [0.15, 0.2) is 48.7 Å². The molecule has 5 nitrogen and oxygen atoms in total. The smallest absolute Gasteiger partial charge is 0.355 e. The van der Waals surface area contributed by atoms with Crippen molar-refractivity contribution < 1.29 is 18.0 Å². The van der Waals surface area contributed by atoms with Gasteiger partial charge in [0.1, 0.15) is 5.82 Å². The van der Waals surface area contributed by atoms with Gasteiger partial charge in [-0.15, -0.1) is 0 Å². The molecule has 1 aromatic carbocycles. The van der Waals surface area contributed by atoms with Crippen LogP contribution in [0.2, 0.25) is 0 Å². The third-order valence-corrected chi connectivity index (χ3v) is 5.17. The number of nitrogens with zero attached hydrogens (tertiary/aromatic N) is 4. The van der Waals surface area contributed by atoms with Gasteiger partial charge in [0.25, 0.3) is 0 Å². The first-order valence-corrected chi connectivity index (χ1v) is 10.1. The predicted molar refractivity (Wildman–Crippen MR) is 112 cm³/mol. The van der Waals surface area contributed by atoms with Crippen molar-refractivity contribution in [1.29, 1.82) is 0 Å². The number of pyridine rings is 1. The van der Waals surface area contributed by atoms with Gasteiger partial charge in [0.05, 0.1) is 12.1 Å². The maximum absolute atomic E-state index is 13.0. The van der Waals surface area contributed by atoms with Gasteiger partial charge < -0.3 is 9.80 Å². The molecule has 1 saturated heterocycles. The van der Waals surface area contributed by atoms with Gasteiger partial charge in [-0.2, -0.15) is 13.2 Å². The summed E-state index contributed by atoms with van der Waals surface area (Å²) in [6.45, 7) is 6.99. The highest BCUT2D eigenvalue weighted by atomic mass is 19.4. The van der Waals surface area contributed by atoms with Crippen LogP contribution in [0.25, 0.3) is 0 Å². The number of aromatic nitrogens is 1. The standard InChI is InChI=1S/C22H27F3N4O/c1-17(2)29(19-7-4-3-5-8-19)21(30)16-27-11-6-12-28(14-13-27)20-10-9-18(15-26-20)22(23,24)25/h3-5,7-10,15,17H,6,11-14,16H2,1-2H3. The second-order valence-corrected chi connectivity index (χ2v) is 7.71. The van der Waals surface area contributed by atoms with Crippen LogP contribution >= 0.6 is 0 Å². The molecule has 2 heterocycles. The second kappa shape index (κ2) is 9.47. The third kappa shape index (κ3) is 5.50. The Labute approximate surface area is 175 Å². The summed E-state index contributed by atoms with van der Waals surface area (Å²) in [6, 6.07) is 12.1. The zero-order valence-electron chi connectivity index (χ0n) is 17.3. The number of amides is 1. The number of carbonyl (C=O) groups is 1. The minimum atomic E-state index is -4.39. The van der Waals surface area contributed by atoms with Gasteiger partial charge in [-0.3, -0.25) is 9.69 Å². The number of hydrogen-bond donors (Lipinski definition) is 0. The molecule has 2 aromatic rings. The molecule has 1 fully saturated rings. The third-order valence-electron chi connectivity index (χ3n) is 5.17. The lowest BCUT2D eigenvalue weighted by molar-refractivity contribution is -0.137. The molecule has 3 rings (SSSR count). The van der Waals surface area contributed by atoms with E-state index in [0.29, 0.717) is 32.0 Å². The molecule has 1 amide bonds. The Hall–Kier alpha value is -2.61. The highest BCUT2D eigenvalue weighted by Crippen LogP contribution is 2.29. The molecule has 1 aromatic heterocycles. The fourth-order valence-corrected chi connectivity index (χ4v) is 3.69. The molecule has 1 aliphatic heterocycles. The van der Waals surface area contributed by atoms with E-state index < -0.39 is 11.7 Å². The molecule has 0 radical (unpaired) electrons. The van der Waals surface area contributed by atoms with Gasteiger partial charge >= 0.3 is 6.18 Å². The normalized spacial score (nSPS) is 15.9. The lowest BCUT2D eigenvalue weighted by Crippen LogP contribution is -2.45. The van der Waals surface area contributed by atoms with Gasteiger partial charge in [0, 0.05) is 44.1 Å². The molecule has 0 N–H and O–H groups in total. The summed E-state index contributed by atoms with van der Waals surface area (Å²) in [6.07, 6.45) is -2.70. The summed E-state index contributed by atoms with van der Waals surface area (Å²) >= 11 is 0. The minimum absolute atomic E-state index is 0.0392. The van der Waals surface area contributed by atoms with E-state index >= 15 is 0 Å². The van der Waals surface area contributed by atoms with Gasteiger partial charge in [-0.05, 0) is 44.5 Å². The lowest BCUT2D eigenvalue weighted by Gasteiger charge is -2.30. The van der Waals surface area contributed by atoms with E-state index in [2.05, 4.69) is 9.88 Å². The molecule has 0 aliphatic carbocycles. The molecule has 162 valence electrons. The minimum Gasteiger partial charge on any atom is -0.355 e. The van der Waals surface area contributed by atoms with Crippen LogP contribution < -0.4 is 9.80 Å². The Morgan fingerprint density at radius 3 is 2.40 bits per heavy atom. The lowest BCUT2D eigenvalue weighted by atomic mass is 10.2. The van der Waals surface area contributed by atoms with Gasteiger partial charge in [0.15, 0.2) is 0 Å². The fourth-order valence-electron chi connectivity index (χ4n) is 3.69. The van der Waals surface area contributed by atoms with Crippen LogP contribution in [0.5, 0.6) is 0 Å². The van der Waals surface area contributed by atoms with Crippen molar-refractivity contribution in [3.05, 3.63) is 54.2 Å². The zero-order chi connectivity index (χ0) is 21.7. The van der Waals surface area contributed by atoms with Crippen LogP contribution in [-0.2, 0) is 11.0 Å². The first-order chi connectivity index (χ1) is 14.3. The molecule has 1 aliphatic rings. The summed E-state index contributed by atoms with van der Waals surface area (Å²) in [5.41, 5.74) is 0.130. The van der Waals surface area contributed by atoms with E-state index in [1.165, 1.54) is 6.07 Å². The maximum Gasteiger partial charge on any atom is 0.417 e. The Bertz CT molecular complexity index is 825. The van der Waals surface area contributed by atoms with E-state index in [9.17, 15) is 18.0 Å². The SMILES string of the molecule is CC(C)N(C(=O)CN1CCCN(c2ccc(C(F)(F)F)cn2)CC1)c1ccccc1. The molecular weight excluding hydrogens is 393 g/mol. The molecular formula is C22H27F3N4O. The summed E-state index contributed by atoms with van der Waals surface area (Å²) < 4.78 is 38.2. The van der Waals surface area contributed by atoms with Crippen molar-refractivity contribution in [2.45, 2.75) is 32.5 Å². The highest BCUT2D eigenvalue weighted by Gasteiger charge is 2.31. The monoisotopic (exact) mass is 420 g/mol. The van der Waals surface area contributed by atoms with E-state index in [0.717, 1.165) is 30.9 Å². The van der Waals surface area contributed by atoms with Gasteiger partial charge in [-0.25, -0.2) is 4.98 Å². The summed E-state index contributed by atoms with van der Waals surface area (Å²) in [5, 5.41) is 0. The molecule has 0 spiro atoms. The predicted octanol–water partition coefficient (Wildman–Crippen LogP) is 4.05. The Morgan fingerprint density at radius 2 is 1.80 bits per heavy atom. The number of hydrogen-bond acceptors (Lipinski definition) is 4. The second-order valence-electron chi connectivity index (χ2n) is 7.71. The van der Waals surface area contributed by atoms with Crippen LogP contribution in [0.3, 0.4) is 0 Å². The van der Waals surface area contributed by atoms with E-state index in [-0.39, 0.29) is 11.9 Å². The maximum atomic E-state index is 13.0. The average molecular weight is 420 g/mol. The van der Waals surface area contributed by atoms with Crippen LogP contribution in [-0.4, -0.2) is 54.6 Å². The average Bonchev–Trinajstić information content (AvgIpc) is 2.93. The fraction of sp³-hybridized carbons (Fsp3) is 0.455. The van der Waals surface area contributed by atoms with Gasteiger partial charge in [-0.1, -0.05) is 18.2 Å². The van der Waals surface area contributed by atoms with Crippen molar-refractivity contribution >= 4 is 17.4 Å². The molecule has 0 atom stereocenters. The molecule has 8 heteroatoms. The van der Waals surface area contributed by atoms with Crippen molar-refractivity contribution in [3.8, 4) is 0 Å². The Kier molecular flexibility index (Phi) is 6.97. The first kappa shape index (κ1) is 22.1. The number of rotatable bonds is 5. The largest absolute Gasteiger partial charge is 0.417 e.